The van der Waals surface area contributed by atoms with E-state index < -0.39 is 10.0 Å². The predicted molar refractivity (Wildman–Crippen MR) is 145 cm³/mol. The monoisotopic (exact) mass is 601 g/mol. The molecule has 5 rings (SSSR count). The SMILES string of the molecule is O=C(c1ccc(NS(=O)(=O)c2ccc(Cl)cc2)cc1)N(Cc1ccco1)c1nc2ccc(Br)cc2s1. The molecular weight excluding hydrogens is 586 g/mol. The number of nitrogens with one attached hydrogen (secondary N) is 1. The molecule has 0 saturated carbocycles. The van der Waals surface area contributed by atoms with Crippen LogP contribution in [0, 0.1) is 0 Å². The molecular formula is C25H17BrClN3O4S2. The van der Waals surface area contributed by atoms with Crippen LogP contribution in [0.25, 0.3) is 10.2 Å². The van der Waals surface area contributed by atoms with Gasteiger partial charge in [0.05, 0.1) is 27.9 Å². The van der Waals surface area contributed by atoms with E-state index in [4.69, 9.17) is 16.0 Å². The van der Waals surface area contributed by atoms with Gasteiger partial charge >= 0.3 is 0 Å². The molecule has 1 N–H and O–H groups in total. The third kappa shape index (κ3) is 5.31. The fraction of sp³-hybridized carbons (Fsp3) is 0.0400. The molecule has 0 aliphatic carbocycles. The normalized spacial score (nSPS) is 11.5. The topological polar surface area (TPSA) is 92.5 Å². The quantitative estimate of drug-likeness (QED) is 0.218. The number of nitrogens with zero attached hydrogens (tertiary/aromatic N) is 2. The number of thiazole rings is 1. The Labute approximate surface area is 224 Å². The molecule has 1 amide bonds. The first kappa shape index (κ1) is 24.5. The molecule has 36 heavy (non-hydrogen) atoms. The van der Waals surface area contributed by atoms with E-state index in [1.54, 1.807) is 47.6 Å². The molecule has 5 aromatic rings. The Kier molecular flexibility index (Phi) is 6.85. The summed E-state index contributed by atoms with van der Waals surface area (Å²) < 4.78 is 35.2. The minimum absolute atomic E-state index is 0.0825. The number of carbonyl (C=O) groups excluding carboxylic acids is 1. The van der Waals surface area contributed by atoms with Gasteiger partial charge in [0.1, 0.15) is 5.76 Å². The second-order valence-corrected chi connectivity index (χ2v) is 11.8. The Bertz CT molecular complexity index is 1640. The molecule has 2 heterocycles. The highest BCUT2D eigenvalue weighted by Crippen LogP contribution is 2.33. The molecule has 2 aromatic heterocycles. The number of anilines is 2. The van der Waals surface area contributed by atoms with Gasteiger partial charge in [0.25, 0.3) is 15.9 Å². The molecule has 0 aliphatic heterocycles. The van der Waals surface area contributed by atoms with Gasteiger partial charge < -0.3 is 4.42 Å². The van der Waals surface area contributed by atoms with Gasteiger partial charge in [0.15, 0.2) is 5.13 Å². The number of hydrogen-bond donors (Lipinski definition) is 1. The molecule has 11 heteroatoms. The Morgan fingerprint density at radius 3 is 2.50 bits per heavy atom. The summed E-state index contributed by atoms with van der Waals surface area (Å²) >= 11 is 10.7. The Morgan fingerprint density at radius 1 is 1.06 bits per heavy atom. The van der Waals surface area contributed by atoms with E-state index >= 15 is 0 Å². The number of hydrogen-bond acceptors (Lipinski definition) is 6. The number of aromatic nitrogens is 1. The second-order valence-electron chi connectivity index (χ2n) is 7.72. The highest BCUT2D eigenvalue weighted by molar-refractivity contribution is 9.10. The fourth-order valence-electron chi connectivity index (χ4n) is 3.45. The molecule has 0 radical (unpaired) electrons. The van der Waals surface area contributed by atoms with E-state index in [0.29, 0.717) is 27.2 Å². The standard InChI is InChI=1S/C25H17BrClN3O4S2/c26-17-5-12-22-23(14-17)35-25(28-22)30(15-20-2-1-13-34-20)24(31)16-3-8-19(9-4-16)29-36(32,33)21-10-6-18(27)7-11-21/h1-14,29H,15H2. The molecule has 182 valence electrons. The van der Waals surface area contributed by atoms with Gasteiger partial charge in [-0.15, -0.1) is 0 Å². The predicted octanol–water partition coefficient (Wildman–Crippen LogP) is 6.95. The molecule has 0 aliphatic rings. The van der Waals surface area contributed by atoms with Gasteiger partial charge in [-0.1, -0.05) is 38.9 Å². The second kappa shape index (κ2) is 10.1. The third-order valence-corrected chi connectivity index (χ3v) is 8.40. The summed E-state index contributed by atoms with van der Waals surface area (Å²) in [5, 5.41) is 0.966. The van der Waals surface area contributed by atoms with Crippen LogP contribution in [0.15, 0.2) is 98.9 Å². The lowest BCUT2D eigenvalue weighted by Crippen LogP contribution is -2.30. The first-order chi connectivity index (χ1) is 17.3. The highest BCUT2D eigenvalue weighted by atomic mass is 79.9. The average Bonchev–Trinajstić information content (AvgIpc) is 3.52. The van der Waals surface area contributed by atoms with Crippen LogP contribution in [0.1, 0.15) is 16.1 Å². The lowest BCUT2D eigenvalue weighted by molar-refractivity contribution is 0.0983. The van der Waals surface area contributed by atoms with Crippen molar-refractivity contribution < 1.29 is 17.6 Å². The maximum Gasteiger partial charge on any atom is 0.261 e. The van der Waals surface area contributed by atoms with E-state index in [9.17, 15) is 13.2 Å². The smallest absolute Gasteiger partial charge is 0.261 e. The lowest BCUT2D eigenvalue weighted by atomic mass is 10.2. The maximum atomic E-state index is 13.6. The van der Waals surface area contributed by atoms with Crippen molar-refractivity contribution in [3.63, 3.8) is 0 Å². The summed E-state index contributed by atoms with van der Waals surface area (Å²) in [5.74, 6) is 0.313. The van der Waals surface area contributed by atoms with Crippen LogP contribution in [0.2, 0.25) is 5.02 Å². The lowest BCUT2D eigenvalue weighted by Gasteiger charge is -2.19. The van der Waals surface area contributed by atoms with Crippen molar-refractivity contribution in [2.75, 3.05) is 9.62 Å². The Hall–Kier alpha value is -3.18. The summed E-state index contributed by atoms with van der Waals surface area (Å²) in [5.41, 5.74) is 1.47. The first-order valence-electron chi connectivity index (χ1n) is 10.6. The fourth-order valence-corrected chi connectivity index (χ4v) is 6.15. The summed E-state index contributed by atoms with van der Waals surface area (Å²) in [4.78, 5) is 19.8. The summed E-state index contributed by atoms with van der Waals surface area (Å²) in [6.07, 6.45) is 1.55. The van der Waals surface area contributed by atoms with E-state index in [1.807, 2.05) is 18.2 Å². The molecule has 3 aromatic carbocycles. The molecule has 0 atom stereocenters. The van der Waals surface area contributed by atoms with Crippen LogP contribution >= 0.6 is 38.9 Å². The van der Waals surface area contributed by atoms with Gasteiger partial charge in [0.2, 0.25) is 0 Å². The first-order valence-corrected chi connectivity index (χ1v) is 14.0. The number of benzene rings is 3. The zero-order chi connectivity index (χ0) is 25.3. The minimum Gasteiger partial charge on any atom is -0.467 e. The Morgan fingerprint density at radius 2 is 1.81 bits per heavy atom. The van der Waals surface area contributed by atoms with Crippen molar-refractivity contribution >= 4 is 75.8 Å². The van der Waals surface area contributed by atoms with E-state index in [2.05, 4.69) is 25.6 Å². The summed E-state index contributed by atoms with van der Waals surface area (Å²) in [6.45, 7) is 0.192. The van der Waals surface area contributed by atoms with Crippen LogP contribution in [0.4, 0.5) is 10.8 Å². The zero-order valence-electron chi connectivity index (χ0n) is 18.4. The largest absolute Gasteiger partial charge is 0.467 e. The van der Waals surface area contributed by atoms with Crippen LogP contribution < -0.4 is 9.62 Å². The van der Waals surface area contributed by atoms with Crippen molar-refractivity contribution in [2.24, 2.45) is 0 Å². The van der Waals surface area contributed by atoms with E-state index in [0.717, 1.165) is 14.7 Å². The van der Waals surface area contributed by atoms with Crippen molar-refractivity contribution in [3.8, 4) is 0 Å². The van der Waals surface area contributed by atoms with Gasteiger partial charge in [0, 0.05) is 20.7 Å². The molecule has 0 fully saturated rings. The molecule has 0 bridgehead atoms. The van der Waals surface area contributed by atoms with Gasteiger partial charge in [-0.2, -0.15) is 0 Å². The van der Waals surface area contributed by atoms with Gasteiger partial charge in [-0.25, -0.2) is 13.4 Å². The number of halogens is 2. The highest BCUT2D eigenvalue weighted by Gasteiger charge is 2.23. The van der Waals surface area contributed by atoms with Crippen molar-refractivity contribution in [2.45, 2.75) is 11.4 Å². The summed E-state index contributed by atoms with van der Waals surface area (Å²) in [6, 6.07) is 21.4. The van der Waals surface area contributed by atoms with E-state index in [-0.39, 0.29) is 17.3 Å². The molecule has 0 saturated heterocycles. The summed E-state index contributed by atoms with van der Waals surface area (Å²) in [7, 11) is -3.80. The van der Waals surface area contributed by atoms with E-state index in [1.165, 1.54) is 35.6 Å². The maximum absolute atomic E-state index is 13.6. The number of carbonyl (C=O) groups is 1. The van der Waals surface area contributed by atoms with Crippen LogP contribution in [-0.2, 0) is 16.6 Å². The molecule has 0 unspecified atom stereocenters. The van der Waals surface area contributed by atoms with Crippen molar-refractivity contribution in [3.05, 3.63) is 106 Å². The van der Waals surface area contributed by atoms with Crippen molar-refractivity contribution in [1.29, 1.82) is 0 Å². The molecule has 7 nitrogen and oxygen atoms in total. The number of amides is 1. The van der Waals surface area contributed by atoms with Crippen LogP contribution in [0.5, 0.6) is 0 Å². The minimum atomic E-state index is -3.80. The number of rotatable bonds is 7. The van der Waals surface area contributed by atoms with Gasteiger partial charge in [-0.3, -0.25) is 14.4 Å². The number of sulfonamides is 1. The average molecular weight is 603 g/mol. The Balaban J connectivity index is 1.41. The zero-order valence-corrected chi connectivity index (χ0v) is 22.4. The molecule has 0 spiro atoms. The van der Waals surface area contributed by atoms with Crippen LogP contribution in [0.3, 0.4) is 0 Å². The van der Waals surface area contributed by atoms with Gasteiger partial charge in [-0.05, 0) is 78.9 Å². The number of fused-ring (bicyclic) bond motifs is 1. The number of furan rings is 1. The van der Waals surface area contributed by atoms with Crippen LogP contribution in [-0.4, -0.2) is 19.3 Å². The van der Waals surface area contributed by atoms with Crippen molar-refractivity contribution in [1.82, 2.24) is 4.98 Å². The third-order valence-electron chi connectivity index (χ3n) is 5.22.